The van der Waals surface area contributed by atoms with E-state index in [1.165, 1.54) is 5.56 Å². The molecule has 0 radical (unpaired) electrons. The second kappa shape index (κ2) is 5.53. The number of halogens is 1. The Bertz CT molecular complexity index is 472. The predicted molar refractivity (Wildman–Crippen MR) is 70.6 cm³/mol. The molecule has 0 heterocycles. The van der Waals surface area contributed by atoms with Gasteiger partial charge in [-0.1, -0.05) is 72.3 Å². The van der Waals surface area contributed by atoms with E-state index in [-0.39, 0.29) is 0 Å². The third kappa shape index (κ3) is 2.98. The number of hydrogen-bond acceptors (Lipinski definition) is 0. The van der Waals surface area contributed by atoms with Crippen molar-refractivity contribution in [2.45, 2.75) is 6.42 Å². The molecule has 0 aliphatic carbocycles. The third-order valence-corrected chi connectivity index (χ3v) is 2.77. The summed E-state index contributed by atoms with van der Waals surface area (Å²) >= 11 is 6.07. The van der Waals surface area contributed by atoms with E-state index in [0.29, 0.717) is 0 Å². The van der Waals surface area contributed by atoms with Gasteiger partial charge in [-0.25, -0.2) is 0 Å². The van der Waals surface area contributed by atoms with E-state index in [9.17, 15) is 0 Å². The Kier molecular flexibility index (Phi) is 3.79. The number of rotatable bonds is 3. The zero-order valence-electron chi connectivity index (χ0n) is 8.94. The average Bonchev–Trinajstić information content (AvgIpc) is 2.33. The van der Waals surface area contributed by atoms with Crippen molar-refractivity contribution >= 4 is 17.7 Å². The summed E-state index contributed by atoms with van der Waals surface area (Å²) in [7, 11) is 0. The molecule has 0 saturated carbocycles. The highest BCUT2D eigenvalue weighted by molar-refractivity contribution is 6.31. The van der Waals surface area contributed by atoms with Crippen LogP contribution in [0.15, 0.2) is 60.7 Å². The lowest BCUT2D eigenvalue weighted by Gasteiger charge is -1.99. The summed E-state index contributed by atoms with van der Waals surface area (Å²) in [5.74, 6) is 0. The van der Waals surface area contributed by atoms with Crippen molar-refractivity contribution in [3.05, 3.63) is 76.8 Å². The van der Waals surface area contributed by atoms with Gasteiger partial charge in [-0.15, -0.1) is 0 Å². The zero-order valence-corrected chi connectivity index (χ0v) is 9.69. The number of hydrogen-bond donors (Lipinski definition) is 0. The molecule has 0 N–H and O–H groups in total. The molecule has 2 rings (SSSR count). The third-order valence-electron chi connectivity index (χ3n) is 2.41. The molecule has 1 heteroatoms. The van der Waals surface area contributed by atoms with E-state index < -0.39 is 0 Å². The maximum absolute atomic E-state index is 6.07. The van der Waals surface area contributed by atoms with Crippen LogP contribution in [-0.2, 0) is 6.42 Å². The lowest BCUT2D eigenvalue weighted by atomic mass is 10.1. The van der Waals surface area contributed by atoms with Gasteiger partial charge in [0.2, 0.25) is 0 Å². The Hall–Kier alpha value is -1.53. The van der Waals surface area contributed by atoms with Crippen molar-refractivity contribution in [3.8, 4) is 0 Å². The van der Waals surface area contributed by atoms with Crippen LogP contribution in [0.4, 0.5) is 0 Å². The van der Waals surface area contributed by atoms with Crippen LogP contribution in [0.25, 0.3) is 6.08 Å². The molecule has 0 aliphatic heterocycles. The SMILES string of the molecule is Clc1ccccc1CC=Cc1ccccc1. The van der Waals surface area contributed by atoms with Crippen LogP contribution in [0.3, 0.4) is 0 Å². The van der Waals surface area contributed by atoms with Crippen LogP contribution in [0, 0.1) is 0 Å². The van der Waals surface area contributed by atoms with Crippen LogP contribution in [-0.4, -0.2) is 0 Å². The highest BCUT2D eigenvalue weighted by Crippen LogP contribution is 2.16. The second-order valence-electron chi connectivity index (χ2n) is 3.61. The first-order chi connectivity index (χ1) is 7.86. The van der Waals surface area contributed by atoms with E-state index in [4.69, 9.17) is 11.6 Å². The summed E-state index contributed by atoms with van der Waals surface area (Å²) in [6.45, 7) is 0. The normalized spacial score (nSPS) is 10.8. The molecule has 0 aliphatic rings. The highest BCUT2D eigenvalue weighted by Gasteiger charge is 1.94. The topological polar surface area (TPSA) is 0 Å². The van der Waals surface area contributed by atoms with Crippen molar-refractivity contribution in [2.75, 3.05) is 0 Å². The molecule has 80 valence electrons. The Morgan fingerprint density at radius 3 is 2.31 bits per heavy atom. The molecule has 0 amide bonds. The lowest BCUT2D eigenvalue weighted by Crippen LogP contribution is -1.81. The largest absolute Gasteiger partial charge is 0.0840 e. The molecule has 2 aromatic rings. The van der Waals surface area contributed by atoms with Crippen LogP contribution in [0.5, 0.6) is 0 Å². The van der Waals surface area contributed by atoms with Gasteiger partial charge in [-0.3, -0.25) is 0 Å². The second-order valence-corrected chi connectivity index (χ2v) is 4.02. The summed E-state index contributed by atoms with van der Waals surface area (Å²) in [6.07, 6.45) is 5.12. The maximum Gasteiger partial charge on any atom is 0.0441 e. The first kappa shape index (κ1) is 11.0. The molecule has 0 aromatic heterocycles. The molecule has 0 spiro atoms. The van der Waals surface area contributed by atoms with E-state index in [1.807, 2.05) is 36.4 Å². The van der Waals surface area contributed by atoms with Gasteiger partial charge in [0.15, 0.2) is 0 Å². The molecule has 0 atom stereocenters. The minimum atomic E-state index is 0.834. The smallest absolute Gasteiger partial charge is 0.0441 e. The van der Waals surface area contributed by atoms with Crippen molar-refractivity contribution in [2.24, 2.45) is 0 Å². The fraction of sp³-hybridized carbons (Fsp3) is 0.0667. The van der Waals surface area contributed by atoms with E-state index >= 15 is 0 Å². The van der Waals surface area contributed by atoms with Crippen molar-refractivity contribution in [3.63, 3.8) is 0 Å². The predicted octanol–water partition coefficient (Wildman–Crippen LogP) is 4.60. The molecule has 0 bridgehead atoms. The number of allylic oxidation sites excluding steroid dienone is 1. The van der Waals surface area contributed by atoms with E-state index in [1.54, 1.807) is 0 Å². The number of benzene rings is 2. The maximum atomic E-state index is 6.07. The van der Waals surface area contributed by atoms with Crippen LogP contribution in [0.1, 0.15) is 11.1 Å². The minimum Gasteiger partial charge on any atom is -0.0840 e. The summed E-state index contributed by atoms with van der Waals surface area (Å²) in [6, 6.07) is 18.2. The quantitative estimate of drug-likeness (QED) is 0.721. The van der Waals surface area contributed by atoms with Crippen molar-refractivity contribution in [1.82, 2.24) is 0 Å². The average molecular weight is 229 g/mol. The molecule has 0 unspecified atom stereocenters. The highest BCUT2D eigenvalue weighted by atomic mass is 35.5. The van der Waals surface area contributed by atoms with Gasteiger partial charge in [0, 0.05) is 5.02 Å². The molecule has 0 saturated heterocycles. The fourth-order valence-corrected chi connectivity index (χ4v) is 1.76. The van der Waals surface area contributed by atoms with Crippen molar-refractivity contribution < 1.29 is 0 Å². The summed E-state index contributed by atoms with van der Waals surface area (Å²) in [5, 5.41) is 0.834. The molecular formula is C15H13Cl. The minimum absolute atomic E-state index is 0.834. The van der Waals surface area contributed by atoms with Crippen LogP contribution in [0.2, 0.25) is 5.02 Å². The summed E-state index contributed by atoms with van der Waals surface area (Å²) in [5.41, 5.74) is 2.38. The fourth-order valence-electron chi connectivity index (χ4n) is 1.55. The lowest BCUT2D eigenvalue weighted by molar-refractivity contribution is 1.28. The van der Waals surface area contributed by atoms with Gasteiger partial charge in [0.1, 0.15) is 0 Å². The van der Waals surface area contributed by atoms with Crippen LogP contribution < -0.4 is 0 Å². The van der Waals surface area contributed by atoms with Gasteiger partial charge in [-0.05, 0) is 23.6 Å². The first-order valence-corrected chi connectivity index (χ1v) is 5.69. The monoisotopic (exact) mass is 228 g/mol. The standard InChI is InChI=1S/C15H13Cl/c16-15-12-5-4-10-14(15)11-6-9-13-7-2-1-3-8-13/h1-10,12H,11H2. The van der Waals surface area contributed by atoms with E-state index in [0.717, 1.165) is 17.0 Å². The van der Waals surface area contributed by atoms with Gasteiger partial charge >= 0.3 is 0 Å². The zero-order chi connectivity index (χ0) is 11.2. The Balaban J connectivity index is 2.03. The Labute approximate surface area is 101 Å². The van der Waals surface area contributed by atoms with Gasteiger partial charge < -0.3 is 0 Å². The molecular weight excluding hydrogens is 216 g/mol. The van der Waals surface area contributed by atoms with Gasteiger partial charge in [-0.2, -0.15) is 0 Å². The molecule has 16 heavy (non-hydrogen) atoms. The molecule has 0 nitrogen and oxygen atoms in total. The Morgan fingerprint density at radius 2 is 1.56 bits per heavy atom. The Morgan fingerprint density at radius 1 is 0.875 bits per heavy atom. The summed E-state index contributed by atoms with van der Waals surface area (Å²) in [4.78, 5) is 0. The van der Waals surface area contributed by atoms with Crippen LogP contribution >= 0.6 is 11.6 Å². The van der Waals surface area contributed by atoms with Gasteiger partial charge in [0.25, 0.3) is 0 Å². The first-order valence-electron chi connectivity index (χ1n) is 5.31. The molecule has 2 aromatic carbocycles. The van der Waals surface area contributed by atoms with Crippen molar-refractivity contribution in [1.29, 1.82) is 0 Å². The summed E-state index contributed by atoms with van der Waals surface area (Å²) < 4.78 is 0. The molecule has 0 fully saturated rings. The van der Waals surface area contributed by atoms with Gasteiger partial charge in [0.05, 0.1) is 0 Å². The van der Waals surface area contributed by atoms with E-state index in [2.05, 4.69) is 30.4 Å².